The van der Waals surface area contributed by atoms with Crippen molar-refractivity contribution in [3.05, 3.63) is 0 Å². The Hall–Kier alpha value is 3.12. The Morgan fingerprint density at radius 2 is 0.167 bits per heavy atom. The van der Waals surface area contributed by atoms with E-state index in [1.165, 1.54) is 0 Å². The van der Waals surface area contributed by atoms with Crippen LogP contribution in [0.25, 0.3) is 0 Å². The first-order valence-corrected chi connectivity index (χ1v) is 0. The largest absolute Gasteiger partial charge is 0 e. The van der Waals surface area contributed by atoms with E-state index >= 15 is 0 Å². The topological polar surface area (TPSA) is 0 Å². The van der Waals surface area contributed by atoms with Crippen molar-refractivity contribution in [2.45, 2.75) is 0 Å². The van der Waals surface area contributed by atoms with Gasteiger partial charge in [-0.1, -0.05) is 0 Å². The fraction of sp³-hybridized carbons (Fsp3) is 0. The first kappa shape index (κ1) is 61.8. The third-order valence-corrected chi connectivity index (χ3v) is 0. The van der Waals surface area contributed by atoms with Crippen molar-refractivity contribution in [2.75, 3.05) is 0 Å². The predicted molar refractivity (Wildman–Crippen MR) is 0 cm³/mol. The van der Waals surface area contributed by atoms with Crippen molar-refractivity contribution >= 4 is 0 Å². The standard InChI is InChI=1S/6Mn. The van der Waals surface area contributed by atoms with Gasteiger partial charge in [0.2, 0.25) is 0 Å². The Morgan fingerprint density at radius 3 is 0.167 bits per heavy atom. The van der Waals surface area contributed by atoms with Gasteiger partial charge in [-0.15, -0.1) is 0 Å². The van der Waals surface area contributed by atoms with Gasteiger partial charge in [0.1, 0.15) is 0 Å². The van der Waals surface area contributed by atoms with E-state index < -0.39 is 0 Å². The third-order valence-electron chi connectivity index (χ3n) is 0. The van der Waals surface area contributed by atoms with Crippen LogP contribution in [-0.4, -0.2) is 0 Å². The van der Waals surface area contributed by atoms with Crippen LogP contribution in [0, 0.1) is 0 Å². The summed E-state index contributed by atoms with van der Waals surface area (Å²) in [6.07, 6.45) is 0. The molecule has 0 bridgehead atoms. The first-order valence-electron chi connectivity index (χ1n) is 0. The van der Waals surface area contributed by atoms with Crippen LogP contribution in [0.5, 0.6) is 0 Å². The van der Waals surface area contributed by atoms with Crippen LogP contribution in [0.2, 0.25) is 0 Å². The van der Waals surface area contributed by atoms with Crippen molar-refractivity contribution in [3.63, 3.8) is 0 Å². The van der Waals surface area contributed by atoms with Crippen molar-refractivity contribution in [1.82, 2.24) is 0 Å². The second kappa shape index (κ2) is 42.3. The van der Waals surface area contributed by atoms with Crippen LogP contribution in [0.3, 0.4) is 0 Å². The molecule has 0 saturated heterocycles. The van der Waals surface area contributed by atoms with Gasteiger partial charge in [0.05, 0.1) is 0 Å². The second-order valence-electron chi connectivity index (χ2n) is 0. The fourth-order valence-electron chi connectivity index (χ4n) is 0. The summed E-state index contributed by atoms with van der Waals surface area (Å²) in [7, 11) is 0. The molecule has 6 radical (unpaired) electrons. The first-order chi connectivity index (χ1) is 0. The van der Waals surface area contributed by atoms with Crippen LogP contribution < -0.4 is 0 Å². The zero-order valence-corrected chi connectivity index (χ0v) is 9.35. The molecule has 42 valence electrons. The SMILES string of the molecule is [Mn].[Mn].[Mn].[Mn].[Mn].[Mn]. The van der Waals surface area contributed by atoms with Gasteiger partial charge in [0, 0.05) is 102 Å². The van der Waals surface area contributed by atoms with Gasteiger partial charge in [-0.2, -0.15) is 0 Å². The average molecular weight is 330 g/mol. The molecule has 0 unspecified atom stereocenters. The Morgan fingerprint density at radius 1 is 0.167 bits per heavy atom. The molecule has 0 aromatic carbocycles. The molecular weight excluding hydrogens is 330 g/mol. The Bertz CT molecular complexity index is 0. The molecule has 0 aliphatic heterocycles. The van der Waals surface area contributed by atoms with Crippen molar-refractivity contribution in [3.8, 4) is 0 Å². The van der Waals surface area contributed by atoms with E-state index in [4.69, 9.17) is 0 Å². The van der Waals surface area contributed by atoms with Crippen molar-refractivity contribution in [1.29, 1.82) is 0 Å². The monoisotopic (exact) mass is 330 g/mol. The van der Waals surface area contributed by atoms with Gasteiger partial charge >= 0.3 is 0 Å². The maximum atomic E-state index is 0. The molecule has 0 amide bonds. The van der Waals surface area contributed by atoms with Gasteiger partial charge in [-0.3, -0.25) is 0 Å². The molecule has 0 atom stereocenters. The molecule has 0 aromatic heterocycles. The minimum Gasteiger partial charge on any atom is 0 e. The number of rotatable bonds is 0. The van der Waals surface area contributed by atoms with E-state index in [2.05, 4.69) is 0 Å². The zero-order chi connectivity index (χ0) is 0. The van der Waals surface area contributed by atoms with E-state index in [-0.39, 0.29) is 102 Å². The maximum Gasteiger partial charge on any atom is 0 e. The molecule has 0 aliphatic rings. The summed E-state index contributed by atoms with van der Waals surface area (Å²) in [5.74, 6) is 0. The number of hydrogen-bond acceptors (Lipinski definition) is 0. The molecule has 0 N–H and O–H groups in total. The summed E-state index contributed by atoms with van der Waals surface area (Å²) in [5.41, 5.74) is 0. The van der Waals surface area contributed by atoms with Gasteiger partial charge in [-0.05, 0) is 0 Å². The Balaban J connectivity index is 0. The van der Waals surface area contributed by atoms with E-state index in [1.54, 1.807) is 0 Å². The molecule has 0 aromatic rings. The molecule has 6 heteroatoms. The van der Waals surface area contributed by atoms with Gasteiger partial charge in [0.15, 0.2) is 0 Å². The van der Waals surface area contributed by atoms with Crippen LogP contribution in [0.4, 0.5) is 0 Å². The van der Waals surface area contributed by atoms with Crippen LogP contribution in [0.15, 0.2) is 0 Å². The summed E-state index contributed by atoms with van der Waals surface area (Å²) in [5, 5.41) is 0. The molecule has 0 nitrogen and oxygen atoms in total. The zero-order valence-electron chi connectivity index (χ0n) is 2.27. The Labute approximate surface area is 101 Å². The molecule has 0 aliphatic carbocycles. The van der Waals surface area contributed by atoms with Crippen LogP contribution in [-0.2, 0) is 102 Å². The van der Waals surface area contributed by atoms with Crippen molar-refractivity contribution < 1.29 is 102 Å². The predicted octanol–water partition coefficient (Wildman–Crippen LogP) is -0.0150. The average Bonchev–Trinajstić information content (AvgIpc) is 0. The van der Waals surface area contributed by atoms with E-state index in [0.717, 1.165) is 0 Å². The summed E-state index contributed by atoms with van der Waals surface area (Å²) in [6, 6.07) is 0. The Kier molecular flexibility index (Phi) is 436. The summed E-state index contributed by atoms with van der Waals surface area (Å²) in [6.45, 7) is 0. The molecule has 0 saturated carbocycles. The molecule has 0 fully saturated rings. The number of hydrogen-bond donors (Lipinski definition) is 0. The quantitative estimate of drug-likeness (QED) is 0.548. The molecule has 0 heterocycles. The van der Waals surface area contributed by atoms with Gasteiger partial charge < -0.3 is 0 Å². The third kappa shape index (κ3) is 27.4. The smallest absolute Gasteiger partial charge is 0 e. The van der Waals surface area contributed by atoms with Crippen LogP contribution >= 0.6 is 0 Å². The van der Waals surface area contributed by atoms with Crippen LogP contribution in [0.1, 0.15) is 0 Å². The summed E-state index contributed by atoms with van der Waals surface area (Å²) in [4.78, 5) is 0. The molecule has 0 spiro atoms. The van der Waals surface area contributed by atoms with Gasteiger partial charge in [0.25, 0.3) is 0 Å². The van der Waals surface area contributed by atoms with E-state index in [0.29, 0.717) is 0 Å². The van der Waals surface area contributed by atoms with Crippen molar-refractivity contribution in [2.24, 2.45) is 0 Å². The van der Waals surface area contributed by atoms with Gasteiger partial charge in [-0.25, -0.2) is 0 Å². The fourth-order valence-corrected chi connectivity index (χ4v) is 0. The molecule has 0 rings (SSSR count). The minimum atomic E-state index is 0. The minimum absolute atomic E-state index is 0. The summed E-state index contributed by atoms with van der Waals surface area (Å²) < 4.78 is 0. The normalized spacial score (nSPS) is 0. The van der Waals surface area contributed by atoms with E-state index in [1.807, 2.05) is 0 Å². The summed E-state index contributed by atoms with van der Waals surface area (Å²) >= 11 is 0. The maximum absolute atomic E-state index is 0. The van der Waals surface area contributed by atoms with E-state index in [9.17, 15) is 0 Å². The molecule has 6 heavy (non-hydrogen) atoms. The second-order valence-corrected chi connectivity index (χ2v) is 0. The molecular formula is Mn6.